The Bertz CT molecular complexity index is 1240. The van der Waals surface area contributed by atoms with Crippen molar-refractivity contribution in [2.45, 2.75) is 167 Å². The topological polar surface area (TPSA) is 195 Å². The molecule has 4 N–H and O–H groups in total. The highest BCUT2D eigenvalue weighted by Crippen LogP contribution is 2.43. The Hall–Kier alpha value is -2.18. The number of carbonyl (C=O) groups excluding carboxylic acids is 2. The van der Waals surface area contributed by atoms with Gasteiger partial charge < -0.3 is 29.3 Å². The average molecular weight is 849 g/mol. The maximum atomic E-state index is 12.6. The zero-order valence-corrected chi connectivity index (χ0v) is 36.5. The van der Waals surface area contributed by atoms with Crippen molar-refractivity contribution < 1.29 is 61.6 Å². The molecule has 3 unspecified atom stereocenters. The molecule has 0 aliphatic carbocycles. The van der Waals surface area contributed by atoms with E-state index in [0.29, 0.717) is 12.8 Å². The van der Waals surface area contributed by atoms with Crippen LogP contribution < -0.4 is 0 Å². The number of phosphoric ester groups is 2. The third kappa shape index (κ3) is 41.8. The first-order chi connectivity index (χ1) is 27.4. The minimum absolute atomic E-state index is 0.109. The van der Waals surface area contributed by atoms with Gasteiger partial charge in [0.15, 0.2) is 6.10 Å². The minimum atomic E-state index is -4.87. The number of allylic oxidation sites excluding steroid dienone is 10. The smallest absolute Gasteiger partial charge is 0.462 e. The number of hydrogen-bond donors (Lipinski definition) is 4. The molecule has 0 saturated carbocycles. The van der Waals surface area contributed by atoms with Crippen LogP contribution in [-0.2, 0) is 41.8 Å². The van der Waals surface area contributed by atoms with E-state index in [2.05, 4.69) is 83.7 Å². The van der Waals surface area contributed by atoms with E-state index in [-0.39, 0.29) is 12.8 Å². The average Bonchev–Trinajstić information content (AvgIpc) is 3.17. The molecule has 13 nitrogen and oxygen atoms in total. The second kappa shape index (κ2) is 38.0. The highest BCUT2D eigenvalue weighted by molar-refractivity contribution is 7.47. The van der Waals surface area contributed by atoms with Gasteiger partial charge in [-0.05, 0) is 77.0 Å². The van der Waals surface area contributed by atoms with E-state index in [9.17, 15) is 28.7 Å². The molecule has 0 saturated heterocycles. The minimum Gasteiger partial charge on any atom is -0.462 e. The number of aliphatic hydroxyl groups is 1. The van der Waals surface area contributed by atoms with Gasteiger partial charge in [-0.2, -0.15) is 0 Å². The van der Waals surface area contributed by atoms with E-state index in [0.717, 1.165) is 96.3 Å². The Morgan fingerprint density at radius 3 is 1.49 bits per heavy atom. The molecule has 0 aliphatic rings. The fourth-order valence-corrected chi connectivity index (χ4v) is 6.37. The molecule has 0 spiro atoms. The molecule has 0 fully saturated rings. The summed E-state index contributed by atoms with van der Waals surface area (Å²) in [5.41, 5.74) is 0. The van der Waals surface area contributed by atoms with Gasteiger partial charge in [-0.1, -0.05) is 126 Å². The van der Waals surface area contributed by atoms with Crippen molar-refractivity contribution in [2.75, 3.05) is 26.4 Å². The first kappa shape index (κ1) is 54.8. The molecule has 330 valence electrons. The monoisotopic (exact) mass is 848 g/mol. The van der Waals surface area contributed by atoms with Crippen LogP contribution in [0.25, 0.3) is 0 Å². The second-order valence-corrected chi connectivity index (χ2v) is 16.6. The second-order valence-electron chi connectivity index (χ2n) is 13.9. The predicted octanol–water partition coefficient (Wildman–Crippen LogP) is 10.4. The molecule has 0 bridgehead atoms. The predicted molar refractivity (Wildman–Crippen MR) is 225 cm³/mol. The Morgan fingerprint density at radius 1 is 0.526 bits per heavy atom. The normalized spacial score (nSPS) is 14.7. The SMILES string of the molecule is CCC=CCC=CCC=CCCCCCCCC(=O)OCC(COP(=O)(O)OCC(O)COP(=O)(O)O)OC(=O)CCCCCCCC=CCC=CCCCCC. The maximum absolute atomic E-state index is 12.6. The number of carbonyl (C=O) groups is 2. The van der Waals surface area contributed by atoms with Gasteiger partial charge in [0, 0.05) is 12.8 Å². The molecular weight excluding hydrogens is 774 g/mol. The molecule has 0 aromatic carbocycles. The lowest BCUT2D eigenvalue weighted by Crippen LogP contribution is -2.30. The van der Waals surface area contributed by atoms with E-state index in [1.54, 1.807) is 0 Å². The molecule has 3 atom stereocenters. The van der Waals surface area contributed by atoms with Crippen LogP contribution in [0.5, 0.6) is 0 Å². The first-order valence-electron chi connectivity index (χ1n) is 21.0. The lowest BCUT2D eigenvalue weighted by Gasteiger charge is -2.20. The van der Waals surface area contributed by atoms with Gasteiger partial charge in [-0.3, -0.25) is 23.2 Å². The summed E-state index contributed by atoms with van der Waals surface area (Å²) in [5.74, 6) is -1.07. The first-order valence-corrected chi connectivity index (χ1v) is 24.0. The molecular formula is C42H74O13P2. The van der Waals surface area contributed by atoms with E-state index < -0.39 is 66.2 Å². The fraction of sp³-hybridized carbons (Fsp3) is 0.714. The van der Waals surface area contributed by atoms with Gasteiger partial charge >= 0.3 is 27.6 Å². The number of unbranched alkanes of at least 4 members (excludes halogenated alkanes) is 13. The summed E-state index contributed by atoms with van der Waals surface area (Å²) in [6.45, 7) is 1.57. The van der Waals surface area contributed by atoms with Gasteiger partial charge in [0.1, 0.15) is 12.7 Å². The molecule has 15 heteroatoms. The Labute approximate surface area is 342 Å². The number of hydrogen-bond acceptors (Lipinski definition) is 10. The molecule has 57 heavy (non-hydrogen) atoms. The Balaban J connectivity index is 4.60. The van der Waals surface area contributed by atoms with Crippen LogP contribution in [0.1, 0.15) is 155 Å². The van der Waals surface area contributed by atoms with Crippen LogP contribution >= 0.6 is 15.6 Å². The third-order valence-corrected chi connectivity index (χ3v) is 9.82. The summed E-state index contributed by atoms with van der Waals surface area (Å²) in [4.78, 5) is 52.6. The molecule has 0 aliphatic heterocycles. The van der Waals surface area contributed by atoms with E-state index in [1.807, 2.05) is 0 Å². The molecule has 0 amide bonds. The van der Waals surface area contributed by atoms with Crippen LogP contribution in [0.15, 0.2) is 60.8 Å². The molecule has 0 heterocycles. The lowest BCUT2D eigenvalue weighted by molar-refractivity contribution is -0.161. The number of phosphoric acid groups is 2. The quantitative estimate of drug-likeness (QED) is 0.0198. The van der Waals surface area contributed by atoms with Crippen molar-refractivity contribution in [3.05, 3.63) is 60.8 Å². The van der Waals surface area contributed by atoms with Gasteiger partial charge in [0.25, 0.3) is 0 Å². The van der Waals surface area contributed by atoms with Crippen molar-refractivity contribution >= 4 is 27.6 Å². The largest absolute Gasteiger partial charge is 0.472 e. The van der Waals surface area contributed by atoms with Crippen LogP contribution in [0.4, 0.5) is 0 Å². The van der Waals surface area contributed by atoms with E-state index >= 15 is 0 Å². The maximum Gasteiger partial charge on any atom is 0.472 e. The summed E-state index contributed by atoms with van der Waals surface area (Å²) in [5, 5.41) is 9.73. The molecule has 0 aromatic heterocycles. The highest BCUT2D eigenvalue weighted by atomic mass is 31.2. The molecule has 0 aromatic rings. The summed E-state index contributed by atoms with van der Waals surface area (Å²) in [6.07, 6.45) is 39.2. The lowest BCUT2D eigenvalue weighted by atomic mass is 10.1. The Morgan fingerprint density at radius 2 is 0.965 bits per heavy atom. The summed E-state index contributed by atoms with van der Waals surface area (Å²) < 4.78 is 47.7. The fourth-order valence-electron chi connectivity index (χ4n) is 5.21. The zero-order chi connectivity index (χ0) is 42.3. The van der Waals surface area contributed by atoms with E-state index in [4.69, 9.17) is 23.8 Å². The zero-order valence-electron chi connectivity index (χ0n) is 34.7. The summed E-state index contributed by atoms with van der Waals surface area (Å²) >= 11 is 0. The van der Waals surface area contributed by atoms with Crippen molar-refractivity contribution in [1.29, 1.82) is 0 Å². The Kier molecular flexibility index (Phi) is 36.6. The van der Waals surface area contributed by atoms with Gasteiger partial charge in [-0.25, -0.2) is 9.13 Å². The van der Waals surface area contributed by atoms with Crippen molar-refractivity contribution in [1.82, 2.24) is 0 Å². The van der Waals surface area contributed by atoms with Crippen LogP contribution in [0.2, 0.25) is 0 Å². The van der Waals surface area contributed by atoms with Gasteiger partial charge in [-0.15, -0.1) is 0 Å². The van der Waals surface area contributed by atoms with E-state index in [1.165, 1.54) is 19.3 Å². The van der Waals surface area contributed by atoms with Crippen LogP contribution in [0.3, 0.4) is 0 Å². The molecule has 0 rings (SSSR count). The summed E-state index contributed by atoms with van der Waals surface area (Å²) in [7, 11) is -9.68. The highest BCUT2D eigenvalue weighted by Gasteiger charge is 2.28. The van der Waals surface area contributed by atoms with Gasteiger partial charge in [0.05, 0.1) is 19.8 Å². The molecule has 0 radical (unpaired) electrons. The number of aliphatic hydroxyl groups excluding tert-OH is 1. The number of esters is 2. The van der Waals surface area contributed by atoms with Crippen molar-refractivity contribution in [3.63, 3.8) is 0 Å². The standard InChI is InChI=1S/C42H74O13P2/c1-3-5-7-9-11-13-15-17-19-21-23-25-27-29-31-33-41(44)51-37-40(38-54-57(49,50)53-36-39(43)35-52-56(46,47)48)55-42(45)34-32-30-28-26-24-22-20-18-16-14-12-10-8-6-4-2/h5,7,11-14,17-20,39-40,43H,3-4,6,8-10,15-16,21-38H2,1-2H3,(H,49,50)(H2,46,47,48). The van der Waals surface area contributed by atoms with Crippen molar-refractivity contribution in [3.8, 4) is 0 Å². The van der Waals surface area contributed by atoms with Gasteiger partial charge in [0.2, 0.25) is 0 Å². The van der Waals surface area contributed by atoms with Crippen molar-refractivity contribution in [2.24, 2.45) is 0 Å². The van der Waals surface area contributed by atoms with Crippen LogP contribution in [0, 0.1) is 0 Å². The number of rotatable bonds is 39. The summed E-state index contributed by atoms with van der Waals surface area (Å²) in [6, 6.07) is 0. The van der Waals surface area contributed by atoms with Crippen LogP contribution in [-0.4, -0.2) is 70.4 Å². The third-order valence-electron chi connectivity index (χ3n) is 8.38. The number of ether oxygens (including phenoxy) is 2.